The molecule has 13 heavy (non-hydrogen) atoms. The number of aromatic nitrogens is 1. The van der Waals surface area contributed by atoms with E-state index in [9.17, 15) is 0 Å². The van der Waals surface area contributed by atoms with E-state index in [-0.39, 0.29) is 6.10 Å². The zero-order valence-electron chi connectivity index (χ0n) is 7.79. The third-order valence-electron chi connectivity index (χ3n) is 2.28. The molecule has 0 saturated carbocycles. The Balaban J connectivity index is 2.18. The Morgan fingerprint density at radius 1 is 1.62 bits per heavy atom. The van der Waals surface area contributed by atoms with Crippen molar-refractivity contribution in [2.45, 2.75) is 13.0 Å². The first kappa shape index (κ1) is 8.66. The van der Waals surface area contributed by atoms with Crippen molar-refractivity contribution in [3.8, 4) is 0 Å². The van der Waals surface area contributed by atoms with Gasteiger partial charge in [-0.1, -0.05) is 6.07 Å². The summed E-state index contributed by atoms with van der Waals surface area (Å²) in [6.45, 7) is 4.67. The number of hydrogen-bond donors (Lipinski definition) is 1. The van der Waals surface area contributed by atoms with Crippen molar-refractivity contribution in [1.82, 2.24) is 10.3 Å². The molecule has 0 amide bonds. The smallest absolute Gasteiger partial charge is 0.112 e. The fourth-order valence-corrected chi connectivity index (χ4v) is 1.58. The maximum absolute atomic E-state index is 5.62. The normalized spacial score (nSPS) is 23.0. The van der Waals surface area contributed by atoms with Crippen LogP contribution in [0.15, 0.2) is 18.3 Å². The van der Waals surface area contributed by atoms with Gasteiger partial charge in [-0.2, -0.15) is 0 Å². The molecule has 0 aromatic carbocycles. The molecule has 0 aliphatic carbocycles. The Kier molecular flexibility index (Phi) is 2.57. The second kappa shape index (κ2) is 3.85. The van der Waals surface area contributed by atoms with Gasteiger partial charge in [0, 0.05) is 19.3 Å². The van der Waals surface area contributed by atoms with Crippen LogP contribution < -0.4 is 5.32 Å². The Bertz CT molecular complexity index is 282. The molecule has 1 fully saturated rings. The lowest BCUT2D eigenvalue weighted by atomic mass is 10.1. The van der Waals surface area contributed by atoms with E-state index < -0.39 is 0 Å². The quantitative estimate of drug-likeness (QED) is 0.698. The average molecular weight is 178 g/mol. The first-order valence-electron chi connectivity index (χ1n) is 4.62. The molecule has 0 radical (unpaired) electrons. The predicted octanol–water partition coefficient (Wildman–Crippen LogP) is 1.05. The molecule has 1 aromatic heterocycles. The van der Waals surface area contributed by atoms with Gasteiger partial charge in [0.1, 0.15) is 6.10 Å². The van der Waals surface area contributed by atoms with Crippen molar-refractivity contribution < 1.29 is 4.74 Å². The molecule has 1 aliphatic heterocycles. The van der Waals surface area contributed by atoms with Crippen molar-refractivity contribution in [2.75, 3.05) is 19.7 Å². The summed E-state index contributed by atoms with van der Waals surface area (Å²) in [7, 11) is 0. The van der Waals surface area contributed by atoms with Crippen molar-refractivity contribution in [3.05, 3.63) is 29.6 Å². The molecule has 0 unspecified atom stereocenters. The van der Waals surface area contributed by atoms with E-state index in [1.807, 2.05) is 12.3 Å². The molecule has 0 spiro atoms. The van der Waals surface area contributed by atoms with Gasteiger partial charge in [-0.25, -0.2) is 0 Å². The molecule has 70 valence electrons. The maximum atomic E-state index is 5.62. The lowest BCUT2D eigenvalue weighted by Crippen LogP contribution is -2.34. The molecular formula is C10H14N2O. The highest BCUT2D eigenvalue weighted by Gasteiger charge is 2.17. The van der Waals surface area contributed by atoms with Crippen LogP contribution in [-0.4, -0.2) is 24.7 Å². The van der Waals surface area contributed by atoms with E-state index in [1.165, 1.54) is 5.56 Å². The lowest BCUT2D eigenvalue weighted by molar-refractivity contribution is 0.0246. The van der Waals surface area contributed by atoms with E-state index in [0.29, 0.717) is 0 Å². The largest absolute Gasteiger partial charge is 0.369 e. The summed E-state index contributed by atoms with van der Waals surface area (Å²) in [6.07, 6.45) is 1.95. The number of aryl methyl sites for hydroxylation is 1. The Labute approximate surface area is 78.1 Å². The number of hydrogen-bond acceptors (Lipinski definition) is 3. The van der Waals surface area contributed by atoms with Crippen molar-refractivity contribution >= 4 is 0 Å². The number of nitrogens with one attached hydrogen (secondary N) is 1. The number of pyridine rings is 1. The molecule has 2 rings (SSSR count). The van der Waals surface area contributed by atoms with Gasteiger partial charge in [-0.3, -0.25) is 4.98 Å². The fourth-order valence-electron chi connectivity index (χ4n) is 1.58. The molecule has 1 N–H and O–H groups in total. The summed E-state index contributed by atoms with van der Waals surface area (Å²) in [6, 6.07) is 4.02. The summed E-state index contributed by atoms with van der Waals surface area (Å²) in [5, 5.41) is 3.30. The summed E-state index contributed by atoms with van der Waals surface area (Å²) < 4.78 is 5.62. The molecule has 1 saturated heterocycles. The summed E-state index contributed by atoms with van der Waals surface area (Å²) in [5.41, 5.74) is 2.27. The maximum Gasteiger partial charge on any atom is 0.112 e. The highest BCUT2D eigenvalue weighted by Crippen LogP contribution is 2.19. The highest BCUT2D eigenvalue weighted by atomic mass is 16.5. The van der Waals surface area contributed by atoms with Crippen LogP contribution in [0.3, 0.4) is 0 Å². The van der Waals surface area contributed by atoms with Gasteiger partial charge in [0.25, 0.3) is 0 Å². The van der Waals surface area contributed by atoms with E-state index in [1.54, 1.807) is 0 Å². The number of nitrogens with zero attached hydrogens (tertiary/aromatic N) is 1. The Morgan fingerprint density at radius 3 is 3.23 bits per heavy atom. The van der Waals surface area contributed by atoms with Crippen LogP contribution in [0.25, 0.3) is 0 Å². The van der Waals surface area contributed by atoms with Crippen molar-refractivity contribution in [2.24, 2.45) is 0 Å². The number of morpholine rings is 1. The van der Waals surface area contributed by atoms with Crippen LogP contribution in [0.2, 0.25) is 0 Å². The number of rotatable bonds is 1. The van der Waals surface area contributed by atoms with Gasteiger partial charge in [0.2, 0.25) is 0 Å². The molecule has 1 aromatic rings. The van der Waals surface area contributed by atoms with Gasteiger partial charge in [-0.05, 0) is 18.6 Å². The molecule has 3 heteroatoms. The van der Waals surface area contributed by atoms with Gasteiger partial charge in [-0.15, -0.1) is 0 Å². The second-order valence-electron chi connectivity index (χ2n) is 3.27. The molecule has 2 heterocycles. The van der Waals surface area contributed by atoms with Crippen LogP contribution in [-0.2, 0) is 4.74 Å². The first-order valence-corrected chi connectivity index (χ1v) is 4.62. The summed E-state index contributed by atoms with van der Waals surface area (Å²) in [5.74, 6) is 0. The third kappa shape index (κ3) is 1.87. The van der Waals surface area contributed by atoms with Crippen LogP contribution >= 0.6 is 0 Å². The molecular weight excluding hydrogens is 164 g/mol. The fraction of sp³-hybridized carbons (Fsp3) is 0.500. The minimum absolute atomic E-state index is 0.134. The second-order valence-corrected chi connectivity index (χ2v) is 3.27. The summed E-state index contributed by atoms with van der Waals surface area (Å²) >= 11 is 0. The van der Waals surface area contributed by atoms with Gasteiger partial charge >= 0.3 is 0 Å². The zero-order valence-corrected chi connectivity index (χ0v) is 7.79. The van der Waals surface area contributed by atoms with Crippen molar-refractivity contribution in [3.63, 3.8) is 0 Å². The predicted molar refractivity (Wildman–Crippen MR) is 50.5 cm³/mol. The van der Waals surface area contributed by atoms with E-state index in [4.69, 9.17) is 4.74 Å². The van der Waals surface area contributed by atoms with E-state index in [2.05, 4.69) is 23.3 Å². The molecule has 3 nitrogen and oxygen atoms in total. The van der Waals surface area contributed by atoms with Crippen LogP contribution in [0.4, 0.5) is 0 Å². The zero-order chi connectivity index (χ0) is 9.10. The average Bonchev–Trinajstić information content (AvgIpc) is 2.20. The van der Waals surface area contributed by atoms with Crippen LogP contribution in [0.1, 0.15) is 17.4 Å². The standard InChI is InChI=1S/C10H14N2O/c1-8-3-2-4-12-10(8)9-7-11-5-6-13-9/h2-4,9,11H,5-7H2,1H3/t9-/m1/s1. The van der Waals surface area contributed by atoms with E-state index >= 15 is 0 Å². The topological polar surface area (TPSA) is 34.2 Å². The van der Waals surface area contributed by atoms with Crippen molar-refractivity contribution in [1.29, 1.82) is 0 Å². The monoisotopic (exact) mass is 178 g/mol. The Morgan fingerprint density at radius 2 is 2.54 bits per heavy atom. The van der Waals surface area contributed by atoms with Crippen LogP contribution in [0, 0.1) is 6.92 Å². The lowest BCUT2D eigenvalue weighted by Gasteiger charge is -2.24. The van der Waals surface area contributed by atoms with E-state index in [0.717, 1.165) is 25.4 Å². The minimum atomic E-state index is 0.134. The van der Waals surface area contributed by atoms with Gasteiger partial charge < -0.3 is 10.1 Å². The van der Waals surface area contributed by atoms with Gasteiger partial charge in [0.15, 0.2) is 0 Å². The highest BCUT2D eigenvalue weighted by molar-refractivity contribution is 5.20. The molecule has 1 atom stereocenters. The minimum Gasteiger partial charge on any atom is -0.369 e. The summed E-state index contributed by atoms with van der Waals surface area (Å²) in [4.78, 5) is 4.34. The Hall–Kier alpha value is -0.930. The first-order chi connectivity index (χ1) is 6.38. The third-order valence-corrected chi connectivity index (χ3v) is 2.28. The van der Waals surface area contributed by atoms with Gasteiger partial charge in [0.05, 0.1) is 12.3 Å². The molecule has 1 aliphatic rings. The van der Waals surface area contributed by atoms with Crippen LogP contribution in [0.5, 0.6) is 0 Å². The molecule has 0 bridgehead atoms. The SMILES string of the molecule is Cc1cccnc1[C@H]1CNCCO1. The number of ether oxygens (including phenoxy) is 1.